The molecule has 7 heteroatoms. The zero-order valence-corrected chi connectivity index (χ0v) is 13.9. The summed E-state index contributed by atoms with van der Waals surface area (Å²) in [7, 11) is 0. The van der Waals surface area contributed by atoms with Gasteiger partial charge < -0.3 is 15.2 Å². The minimum Gasteiger partial charge on any atom is -0.480 e. The first-order valence-corrected chi connectivity index (χ1v) is 8.30. The minimum absolute atomic E-state index is 0.208. The van der Waals surface area contributed by atoms with Gasteiger partial charge in [-0.3, -0.25) is 14.9 Å². The lowest BCUT2D eigenvalue weighted by molar-refractivity contribution is -0.139. The molecule has 0 spiro atoms. The molecule has 26 heavy (non-hydrogen) atoms. The molecule has 2 aromatic carbocycles. The molecule has 3 rings (SSSR count). The van der Waals surface area contributed by atoms with Crippen LogP contribution in [-0.4, -0.2) is 29.1 Å². The predicted molar refractivity (Wildman–Crippen MR) is 92.3 cm³/mol. The number of aliphatic carboxylic acids is 1. The van der Waals surface area contributed by atoms with Crippen LogP contribution in [0.3, 0.4) is 0 Å². The highest BCUT2D eigenvalue weighted by Crippen LogP contribution is 2.22. The number of carboxylic acids is 1. The highest BCUT2D eigenvalue weighted by atomic mass is 19.1. The van der Waals surface area contributed by atoms with Crippen molar-refractivity contribution in [2.75, 3.05) is 0 Å². The van der Waals surface area contributed by atoms with Crippen LogP contribution in [0.15, 0.2) is 48.5 Å². The molecular weight excluding hydrogens is 339 g/mol. The smallest absolute Gasteiger partial charge is 0.320 e. The average Bonchev–Trinajstić information content (AvgIpc) is 3.13. The monoisotopic (exact) mass is 358 g/mol. The van der Waals surface area contributed by atoms with E-state index in [1.165, 1.54) is 12.1 Å². The molecule has 6 nitrogen and oxygen atoms in total. The minimum atomic E-state index is -0.933. The molecule has 1 heterocycles. The molecule has 3 N–H and O–H groups in total. The fraction of sp³-hybridized carbons (Fsp3) is 0.263. The Morgan fingerprint density at radius 1 is 1.04 bits per heavy atom. The third kappa shape index (κ3) is 4.58. The quantitative estimate of drug-likeness (QED) is 0.738. The summed E-state index contributed by atoms with van der Waals surface area (Å²) in [6.07, 6.45) is 0.954. The number of amides is 1. The van der Waals surface area contributed by atoms with Crippen molar-refractivity contribution in [3.8, 4) is 11.5 Å². The lowest BCUT2D eigenvalue weighted by atomic mass is 10.1. The Morgan fingerprint density at radius 3 is 2.19 bits per heavy atom. The van der Waals surface area contributed by atoms with Crippen LogP contribution in [0.2, 0.25) is 0 Å². The maximum Gasteiger partial charge on any atom is 0.320 e. The summed E-state index contributed by atoms with van der Waals surface area (Å²) in [4.78, 5) is 23.0. The predicted octanol–water partition coefficient (Wildman–Crippen LogP) is 2.44. The molecular formula is C19H19FN2O4. The van der Waals surface area contributed by atoms with Crippen LogP contribution in [0.5, 0.6) is 11.5 Å². The molecule has 0 aliphatic carbocycles. The molecule has 0 aromatic heterocycles. The topological polar surface area (TPSA) is 87.7 Å². The van der Waals surface area contributed by atoms with Gasteiger partial charge in [-0.25, -0.2) is 4.39 Å². The van der Waals surface area contributed by atoms with Crippen LogP contribution in [-0.2, 0) is 16.1 Å². The Hall–Kier alpha value is -2.93. The molecule has 1 amide bonds. The van der Waals surface area contributed by atoms with E-state index in [9.17, 15) is 14.0 Å². The second-order valence-corrected chi connectivity index (χ2v) is 6.11. The van der Waals surface area contributed by atoms with E-state index in [-0.39, 0.29) is 11.7 Å². The Kier molecular flexibility index (Phi) is 5.48. The van der Waals surface area contributed by atoms with E-state index in [1.54, 1.807) is 24.3 Å². The van der Waals surface area contributed by atoms with Gasteiger partial charge in [-0.2, -0.15) is 0 Å². The highest BCUT2D eigenvalue weighted by molar-refractivity contribution is 5.84. The van der Waals surface area contributed by atoms with Gasteiger partial charge in [-0.1, -0.05) is 12.1 Å². The van der Waals surface area contributed by atoms with Crippen LogP contribution in [0.4, 0.5) is 4.39 Å². The van der Waals surface area contributed by atoms with Gasteiger partial charge >= 0.3 is 5.97 Å². The Morgan fingerprint density at radius 2 is 1.62 bits per heavy atom. The fourth-order valence-corrected chi connectivity index (χ4v) is 2.77. The number of ether oxygens (including phenoxy) is 1. The van der Waals surface area contributed by atoms with E-state index in [0.29, 0.717) is 30.9 Å². The Bertz CT molecular complexity index is 777. The SMILES string of the molecule is O=C(O)[C@@H]1CC[C@H](C(=O)NCc2ccc(Oc3ccc(F)cc3)cc2)N1. The van der Waals surface area contributed by atoms with Crippen LogP contribution in [0.1, 0.15) is 18.4 Å². The van der Waals surface area contributed by atoms with E-state index in [1.807, 2.05) is 12.1 Å². The number of benzene rings is 2. The number of carbonyl (C=O) groups excluding carboxylic acids is 1. The summed E-state index contributed by atoms with van der Waals surface area (Å²) in [5, 5.41) is 14.5. The van der Waals surface area contributed by atoms with Gasteiger partial charge in [-0.05, 0) is 54.8 Å². The lowest BCUT2D eigenvalue weighted by Crippen LogP contribution is -2.44. The van der Waals surface area contributed by atoms with Gasteiger partial charge in [0.1, 0.15) is 23.4 Å². The maximum absolute atomic E-state index is 12.9. The van der Waals surface area contributed by atoms with Crippen molar-refractivity contribution in [3.63, 3.8) is 0 Å². The zero-order chi connectivity index (χ0) is 18.5. The van der Waals surface area contributed by atoms with Crippen molar-refractivity contribution < 1.29 is 23.8 Å². The first-order valence-electron chi connectivity index (χ1n) is 8.30. The second kappa shape index (κ2) is 7.97. The normalized spacial score (nSPS) is 19.1. The molecule has 0 bridgehead atoms. The van der Waals surface area contributed by atoms with Crippen molar-refractivity contribution in [1.29, 1.82) is 0 Å². The molecule has 1 aliphatic heterocycles. The molecule has 1 fully saturated rings. The average molecular weight is 358 g/mol. The third-order valence-corrected chi connectivity index (χ3v) is 4.20. The van der Waals surface area contributed by atoms with E-state index < -0.39 is 18.1 Å². The summed E-state index contributed by atoms with van der Waals surface area (Å²) < 4.78 is 18.5. The molecule has 1 saturated heterocycles. The van der Waals surface area contributed by atoms with Gasteiger partial charge in [0.05, 0.1) is 6.04 Å². The zero-order valence-electron chi connectivity index (χ0n) is 13.9. The van der Waals surface area contributed by atoms with Gasteiger partial charge in [0.2, 0.25) is 5.91 Å². The van der Waals surface area contributed by atoms with Crippen molar-refractivity contribution in [2.45, 2.75) is 31.5 Å². The molecule has 2 atom stereocenters. The first-order chi connectivity index (χ1) is 12.5. The number of hydrogen-bond acceptors (Lipinski definition) is 4. The number of carbonyl (C=O) groups is 2. The van der Waals surface area contributed by atoms with Crippen LogP contribution < -0.4 is 15.4 Å². The fourth-order valence-electron chi connectivity index (χ4n) is 2.77. The van der Waals surface area contributed by atoms with Crippen LogP contribution in [0, 0.1) is 5.82 Å². The largest absolute Gasteiger partial charge is 0.480 e. The third-order valence-electron chi connectivity index (χ3n) is 4.20. The highest BCUT2D eigenvalue weighted by Gasteiger charge is 2.32. The Labute approximate surface area is 150 Å². The standard InChI is InChI=1S/C19H19FN2O4/c20-13-3-7-15(8-4-13)26-14-5-1-12(2-6-14)11-21-18(23)16-9-10-17(22-16)19(24)25/h1-8,16-17,22H,9-11H2,(H,21,23)(H,24,25)/t16-,17+/m1/s1. The first kappa shape index (κ1) is 17.9. The number of hydrogen-bond donors (Lipinski definition) is 3. The molecule has 0 unspecified atom stereocenters. The van der Waals surface area contributed by atoms with E-state index >= 15 is 0 Å². The second-order valence-electron chi connectivity index (χ2n) is 6.11. The number of rotatable bonds is 6. The number of carboxylic acid groups (broad SMARTS) is 1. The van der Waals surface area contributed by atoms with Crippen molar-refractivity contribution >= 4 is 11.9 Å². The number of nitrogens with one attached hydrogen (secondary N) is 2. The summed E-state index contributed by atoms with van der Waals surface area (Å²) in [5.74, 6) is -0.325. The van der Waals surface area contributed by atoms with E-state index in [0.717, 1.165) is 5.56 Å². The Balaban J connectivity index is 1.49. The molecule has 0 radical (unpaired) electrons. The van der Waals surface area contributed by atoms with Gasteiger partial charge in [-0.15, -0.1) is 0 Å². The van der Waals surface area contributed by atoms with E-state index in [4.69, 9.17) is 9.84 Å². The molecule has 136 valence electrons. The van der Waals surface area contributed by atoms with Crippen LogP contribution in [0.25, 0.3) is 0 Å². The van der Waals surface area contributed by atoms with Gasteiger partial charge in [0.25, 0.3) is 0 Å². The van der Waals surface area contributed by atoms with Gasteiger partial charge in [0.15, 0.2) is 0 Å². The summed E-state index contributed by atoms with van der Waals surface area (Å²) in [5.41, 5.74) is 0.887. The maximum atomic E-state index is 12.9. The summed E-state index contributed by atoms with van der Waals surface area (Å²) in [6, 6.07) is 11.8. The van der Waals surface area contributed by atoms with Crippen molar-refractivity contribution in [3.05, 3.63) is 59.9 Å². The van der Waals surface area contributed by atoms with Crippen LogP contribution >= 0.6 is 0 Å². The van der Waals surface area contributed by atoms with E-state index in [2.05, 4.69) is 10.6 Å². The molecule has 0 saturated carbocycles. The summed E-state index contributed by atoms with van der Waals surface area (Å²) in [6.45, 7) is 0.339. The van der Waals surface area contributed by atoms with Gasteiger partial charge in [0, 0.05) is 6.54 Å². The number of halogens is 1. The lowest BCUT2D eigenvalue weighted by Gasteiger charge is -2.13. The molecule has 1 aliphatic rings. The molecule has 2 aromatic rings. The summed E-state index contributed by atoms with van der Waals surface area (Å²) >= 11 is 0. The van der Waals surface area contributed by atoms with Crippen molar-refractivity contribution in [1.82, 2.24) is 10.6 Å². The van der Waals surface area contributed by atoms with Crippen molar-refractivity contribution in [2.24, 2.45) is 0 Å².